The van der Waals surface area contributed by atoms with Crippen molar-refractivity contribution in [3.8, 4) is 0 Å². The maximum atomic E-state index is 11.8. The number of rotatable bonds is 3. The van der Waals surface area contributed by atoms with Crippen LogP contribution in [0, 0.1) is 0 Å². The van der Waals surface area contributed by atoms with Crippen molar-refractivity contribution in [2.45, 2.75) is 33.3 Å². The molecule has 0 saturated heterocycles. The molecule has 1 rings (SSSR count). The number of hydrogen-bond donors (Lipinski definition) is 0. The van der Waals surface area contributed by atoms with Gasteiger partial charge in [0.25, 0.3) is 0 Å². The van der Waals surface area contributed by atoms with Gasteiger partial charge in [-0.3, -0.25) is 4.84 Å². The summed E-state index contributed by atoms with van der Waals surface area (Å²) in [6.07, 6.45) is -0.506. The number of anilines is 1. The monoisotopic (exact) mass is 237 g/mol. The molecule has 0 aliphatic heterocycles. The molecule has 0 N–H and O–H groups in total. The van der Waals surface area contributed by atoms with Crippen LogP contribution < -0.4 is 5.06 Å². The highest BCUT2D eigenvalue weighted by Gasteiger charge is 2.24. The first-order chi connectivity index (χ1) is 7.94. The van der Waals surface area contributed by atoms with Gasteiger partial charge in [0.15, 0.2) is 0 Å². The van der Waals surface area contributed by atoms with Crippen LogP contribution in [-0.2, 0) is 9.57 Å². The molecule has 1 aromatic rings. The Hall–Kier alpha value is -1.55. The smallest absolute Gasteiger partial charge is 0.438 e. The number of hydrogen-bond acceptors (Lipinski definition) is 3. The standard InChI is InChI=1S/C13H19NO3/c1-5-16-12(15)14(17-13(2,3)4)11-9-7-6-8-10-11/h6-10H,5H2,1-4H3. The molecule has 1 aromatic carbocycles. The first-order valence-electron chi connectivity index (χ1n) is 5.65. The average Bonchev–Trinajstić information content (AvgIpc) is 2.26. The largest absolute Gasteiger partial charge is 0.448 e. The molecule has 0 saturated carbocycles. The van der Waals surface area contributed by atoms with Crippen LogP contribution in [-0.4, -0.2) is 18.3 Å². The van der Waals surface area contributed by atoms with E-state index in [0.29, 0.717) is 12.3 Å². The van der Waals surface area contributed by atoms with Crippen LogP contribution >= 0.6 is 0 Å². The van der Waals surface area contributed by atoms with E-state index in [1.165, 1.54) is 5.06 Å². The number of para-hydroxylation sites is 1. The van der Waals surface area contributed by atoms with E-state index < -0.39 is 11.7 Å². The van der Waals surface area contributed by atoms with E-state index in [0.717, 1.165) is 0 Å². The second kappa shape index (κ2) is 5.68. The van der Waals surface area contributed by atoms with Gasteiger partial charge in [-0.25, -0.2) is 4.79 Å². The summed E-state index contributed by atoms with van der Waals surface area (Å²) in [4.78, 5) is 17.4. The fourth-order valence-corrected chi connectivity index (χ4v) is 1.21. The molecule has 4 nitrogen and oxygen atoms in total. The maximum absolute atomic E-state index is 11.8. The van der Waals surface area contributed by atoms with Gasteiger partial charge >= 0.3 is 6.09 Å². The van der Waals surface area contributed by atoms with Gasteiger partial charge in [0.1, 0.15) is 0 Å². The van der Waals surface area contributed by atoms with Crippen LogP contribution in [0.5, 0.6) is 0 Å². The average molecular weight is 237 g/mol. The lowest BCUT2D eigenvalue weighted by molar-refractivity contribution is -0.0204. The molecule has 0 fully saturated rings. The van der Waals surface area contributed by atoms with Gasteiger partial charge in [-0.2, -0.15) is 5.06 Å². The summed E-state index contributed by atoms with van der Waals surface area (Å²) >= 11 is 0. The van der Waals surface area contributed by atoms with E-state index in [-0.39, 0.29) is 0 Å². The third kappa shape index (κ3) is 4.44. The zero-order valence-corrected chi connectivity index (χ0v) is 10.8. The summed E-state index contributed by atoms with van der Waals surface area (Å²) in [5, 5.41) is 1.18. The third-order valence-corrected chi connectivity index (χ3v) is 1.79. The molecule has 0 unspecified atom stereocenters. The Morgan fingerprint density at radius 2 is 1.82 bits per heavy atom. The second-order valence-electron chi connectivity index (χ2n) is 4.53. The van der Waals surface area contributed by atoms with Crippen molar-refractivity contribution >= 4 is 11.8 Å². The van der Waals surface area contributed by atoms with E-state index >= 15 is 0 Å². The summed E-state index contributed by atoms with van der Waals surface area (Å²) in [6, 6.07) is 9.15. The lowest BCUT2D eigenvalue weighted by atomic mass is 10.2. The van der Waals surface area contributed by atoms with Gasteiger partial charge < -0.3 is 4.74 Å². The van der Waals surface area contributed by atoms with Crippen molar-refractivity contribution < 1.29 is 14.4 Å². The Morgan fingerprint density at radius 1 is 1.24 bits per heavy atom. The fraction of sp³-hybridized carbons (Fsp3) is 0.462. The van der Waals surface area contributed by atoms with Crippen molar-refractivity contribution in [2.24, 2.45) is 0 Å². The molecule has 4 heteroatoms. The molecule has 0 aliphatic carbocycles. The van der Waals surface area contributed by atoms with Gasteiger partial charge in [-0.15, -0.1) is 0 Å². The Kier molecular flexibility index (Phi) is 4.52. The number of amides is 1. The highest BCUT2D eigenvalue weighted by Crippen LogP contribution is 2.20. The molecule has 0 bridgehead atoms. The summed E-state index contributed by atoms with van der Waals surface area (Å²) in [7, 11) is 0. The lowest BCUT2D eigenvalue weighted by Crippen LogP contribution is -2.38. The molecular weight excluding hydrogens is 218 g/mol. The maximum Gasteiger partial charge on any atom is 0.438 e. The number of carbonyl (C=O) groups excluding carboxylic acids is 1. The van der Waals surface area contributed by atoms with Gasteiger partial charge in [-0.05, 0) is 39.8 Å². The van der Waals surface area contributed by atoms with Gasteiger partial charge in [0.05, 0.1) is 17.9 Å². The van der Waals surface area contributed by atoms with Crippen molar-refractivity contribution in [1.29, 1.82) is 0 Å². The number of nitrogens with zero attached hydrogens (tertiary/aromatic N) is 1. The van der Waals surface area contributed by atoms with E-state index in [1.807, 2.05) is 39.0 Å². The minimum atomic E-state index is -0.506. The molecule has 0 spiro atoms. The van der Waals surface area contributed by atoms with E-state index in [2.05, 4.69) is 0 Å². The third-order valence-electron chi connectivity index (χ3n) is 1.79. The van der Waals surface area contributed by atoms with Crippen LogP contribution in [0.15, 0.2) is 30.3 Å². The Bertz CT molecular complexity index is 357. The van der Waals surface area contributed by atoms with E-state index in [4.69, 9.17) is 9.57 Å². The Balaban J connectivity index is 2.91. The fourth-order valence-electron chi connectivity index (χ4n) is 1.21. The summed E-state index contributed by atoms with van der Waals surface area (Å²) in [5.41, 5.74) is 0.184. The first-order valence-corrected chi connectivity index (χ1v) is 5.65. The van der Waals surface area contributed by atoms with Crippen molar-refractivity contribution in [2.75, 3.05) is 11.7 Å². The molecule has 17 heavy (non-hydrogen) atoms. The first kappa shape index (κ1) is 13.5. The van der Waals surface area contributed by atoms with Gasteiger partial charge in [0, 0.05) is 0 Å². The Morgan fingerprint density at radius 3 is 2.29 bits per heavy atom. The highest BCUT2D eigenvalue weighted by atomic mass is 16.7. The van der Waals surface area contributed by atoms with Crippen LogP contribution in [0.4, 0.5) is 10.5 Å². The van der Waals surface area contributed by atoms with Crippen molar-refractivity contribution in [3.05, 3.63) is 30.3 Å². The molecule has 0 radical (unpaired) electrons. The molecule has 0 aliphatic rings. The molecule has 0 atom stereocenters. The number of hydroxylamine groups is 1. The second-order valence-corrected chi connectivity index (χ2v) is 4.53. The quantitative estimate of drug-likeness (QED) is 0.756. The van der Waals surface area contributed by atoms with Crippen LogP contribution in [0.25, 0.3) is 0 Å². The molecule has 94 valence electrons. The van der Waals surface area contributed by atoms with E-state index in [1.54, 1.807) is 19.1 Å². The summed E-state index contributed by atoms with van der Waals surface area (Å²) in [6.45, 7) is 7.71. The minimum Gasteiger partial charge on any atom is -0.448 e. The number of ether oxygens (including phenoxy) is 1. The predicted octanol–water partition coefficient (Wildman–Crippen LogP) is 3.38. The zero-order valence-electron chi connectivity index (χ0n) is 10.8. The van der Waals surface area contributed by atoms with E-state index in [9.17, 15) is 4.79 Å². The summed E-state index contributed by atoms with van der Waals surface area (Å²) in [5.74, 6) is 0. The summed E-state index contributed by atoms with van der Waals surface area (Å²) < 4.78 is 4.97. The SMILES string of the molecule is CCOC(=O)N(OC(C)(C)C)c1ccccc1. The van der Waals surface area contributed by atoms with Gasteiger partial charge in [-0.1, -0.05) is 18.2 Å². The predicted molar refractivity (Wildman–Crippen MR) is 66.8 cm³/mol. The van der Waals surface area contributed by atoms with Crippen LogP contribution in [0.1, 0.15) is 27.7 Å². The van der Waals surface area contributed by atoms with Crippen molar-refractivity contribution in [1.82, 2.24) is 0 Å². The number of benzene rings is 1. The minimum absolute atomic E-state index is 0.315. The molecule has 1 amide bonds. The van der Waals surface area contributed by atoms with Crippen molar-refractivity contribution in [3.63, 3.8) is 0 Å². The highest BCUT2D eigenvalue weighted by molar-refractivity contribution is 5.85. The molecular formula is C13H19NO3. The number of carbonyl (C=O) groups is 1. The molecule has 0 heterocycles. The van der Waals surface area contributed by atoms with Crippen LogP contribution in [0.2, 0.25) is 0 Å². The topological polar surface area (TPSA) is 38.8 Å². The normalized spacial score (nSPS) is 11.1. The Labute approximate surface area is 102 Å². The lowest BCUT2D eigenvalue weighted by Gasteiger charge is -2.28. The molecule has 0 aromatic heterocycles. The van der Waals surface area contributed by atoms with Gasteiger partial charge in [0.2, 0.25) is 0 Å². The zero-order chi connectivity index (χ0) is 12.9. The van der Waals surface area contributed by atoms with Crippen LogP contribution in [0.3, 0.4) is 0 Å².